The molecule has 1 heterocycles. The highest BCUT2D eigenvalue weighted by atomic mass is 16.4. The summed E-state index contributed by atoms with van der Waals surface area (Å²) in [6.07, 6.45) is 7.46. The molecule has 1 unspecified atom stereocenters. The Hall–Kier alpha value is -3.52. The zero-order chi connectivity index (χ0) is 32.8. The molecule has 0 radical (unpaired) electrons. The second kappa shape index (κ2) is 18.3. The number of carbonyl (C=O) groups excluding carboxylic acids is 5. The lowest BCUT2D eigenvalue weighted by molar-refractivity contribution is -0.142. The summed E-state index contributed by atoms with van der Waals surface area (Å²) in [7, 11) is 0. The lowest BCUT2D eigenvalue weighted by Gasteiger charge is -2.24. The topological polar surface area (TPSA) is 220 Å². The van der Waals surface area contributed by atoms with Gasteiger partial charge in [0, 0.05) is 31.6 Å². The van der Waals surface area contributed by atoms with Crippen LogP contribution in [0.15, 0.2) is 12.2 Å². The van der Waals surface area contributed by atoms with Crippen molar-refractivity contribution >= 4 is 35.5 Å². The molecular weight excluding hydrogens is 572 g/mol. The third-order valence-electron chi connectivity index (χ3n) is 8.07. The average molecular weight is 623 g/mol. The first-order valence-electron chi connectivity index (χ1n) is 15.6. The van der Waals surface area contributed by atoms with E-state index in [1.807, 2.05) is 0 Å². The van der Waals surface area contributed by atoms with Crippen molar-refractivity contribution in [2.24, 2.45) is 17.6 Å². The quantitative estimate of drug-likeness (QED) is 0.0954. The van der Waals surface area contributed by atoms with Gasteiger partial charge in [-0.1, -0.05) is 26.7 Å². The highest BCUT2D eigenvalue weighted by Crippen LogP contribution is 2.23. The average Bonchev–Trinajstić information content (AvgIpc) is 3.53. The van der Waals surface area contributed by atoms with Crippen LogP contribution >= 0.6 is 0 Å². The summed E-state index contributed by atoms with van der Waals surface area (Å²) < 4.78 is 0. The molecule has 0 spiro atoms. The van der Waals surface area contributed by atoms with E-state index in [4.69, 9.17) is 5.73 Å². The number of carboxylic acids is 1. The molecule has 5 amide bonds. The number of unbranched alkanes of at least 4 members (excludes halogenated alkanes) is 3. The van der Waals surface area contributed by atoms with Gasteiger partial charge in [-0.05, 0) is 63.9 Å². The SMILES string of the molecule is CC(C)[C@H](NC(=O)CCCCCN1C(=O)C=CC1O)C(=O)N[C@@H](C)C(=O)N[C@@H](CCCCNC(=O)[C@H]1CCC[C@H]1N)C(=O)O. The standard InChI is InChI=1S/C30H50N6O8/c1-18(2)26(35-23(37)13-5-4-8-17-36-24(38)14-15-25(36)39)29(42)33-19(3)27(40)34-22(30(43)44)12-6-7-16-32-28(41)20-10-9-11-21(20)31/h14-15,18-22,24,26,38H,4-13,16-17,31H2,1-3H3,(H,32,41)(H,33,42)(H,34,40)(H,35,37)(H,43,44)/t19-,20-,21+,22-,24?,26-/m0/s1. The normalized spacial score (nSPS) is 21.5. The minimum absolute atomic E-state index is 0.0790. The first-order chi connectivity index (χ1) is 20.8. The van der Waals surface area contributed by atoms with Crippen molar-refractivity contribution in [2.75, 3.05) is 13.1 Å². The van der Waals surface area contributed by atoms with E-state index >= 15 is 0 Å². The van der Waals surface area contributed by atoms with E-state index in [9.17, 15) is 39.0 Å². The molecular formula is C30H50N6O8. The van der Waals surface area contributed by atoms with Crippen LogP contribution in [0, 0.1) is 11.8 Å². The number of carboxylic acid groups (broad SMARTS) is 1. The fourth-order valence-electron chi connectivity index (χ4n) is 5.32. The van der Waals surface area contributed by atoms with Crippen LogP contribution in [0.1, 0.15) is 85.0 Å². The number of nitrogens with two attached hydrogens (primary N) is 1. The minimum atomic E-state index is -1.20. The van der Waals surface area contributed by atoms with Gasteiger partial charge in [0.05, 0.1) is 5.92 Å². The molecule has 1 fully saturated rings. The van der Waals surface area contributed by atoms with Gasteiger partial charge in [-0.15, -0.1) is 0 Å². The highest BCUT2D eigenvalue weighted by molar-refractivity contribution is 5.93. The van der Waals surface area contributed by atoms with E-state index in [-0.39, 0.29) is 48.4 Å². The predicted octanol–water partition coefficient (Wildman–Crippen LogP) is -0.108. The molecule has 6 atom stereocenters. The molecule has 2 rings (SSSR count). The number of amides is 5. The van der Waals surface area contributed by atoms with E-state index in [0.29, 0.717) is 45.2 Å². The molecule has 1 aliphatic carbocycles. The van der Waals surface area contributed by atoms with Crippen LogP contribution in [0.2, 0.25) is 0 Å². The van der Waals surface area contributed by atoms with Gasteiger partial charge in [-0.25, -0.2) is 4.79 Å². The van der Waals surface area contributed by atoms with Crippen LogP contribution in [0.3, 0.4) is 0 Å². The number of aliphatic carboxylic acids is 1. The van der Waals surface area contributed by atoms with Crippen LogP contribution in [0.5, 0.6) is 0 Å². The number of carbonyl (C=O) groups is 6. The lowest BCUT2D eigenvalue weighted by atomic mass is 10.0. The molecule has 44 heavy (non-hydrogen) atoms. The third kappa shape index (κ3) is 11.9. The maximum atomic E-state index is 12.9. The summed E-state index contributed by atoms with van der Waals surface area (Å²) in [5.74, 6) is -3.54. The number of nitrogens with one attached hydrogen (secondary N) is 4. The fourth-order valence-corrected chi connectivity index (χ4v) is 5.32. The van der Waals surface area contributed by atoms with Crippen LogP contribution in [0.25, 0.3) is 0 Å². The second-order valence-electron chi connectivity index (χ2n) is 12.0. The summed E-state index contributed by atoms with van der Waals surface area (Å²) in [6, 6.07) is -3.23. The third-order valence-corrected chi connectivity index (χ3v) is 8.07. The van der Waals surface area contributed by atoms with Crippen molar-refractivity contribution in [1.29, 1.82) is 0 Å². The number of hydrogen-bond acceptors (Lipinski definition) is 8. The molecule has 0 aromatic carbocycles. The van der Waals surface area contributed by atoms with E-state index in [0.717, 1.165) is 19.3 Å². The molecule has 248 valence electrons. The van der Waals surface area contributed by atoms with Crippen LogP contribution in [-0.4, -0.2) is 94.1 Å². The van der Waals surface area contributed by atoms with Crippen LogP contribution < -0.4 is 27.0 Å². The number of aliphatic hydroxyl groups excluding tert-OH is 1. The summed E-state index contributed by atoms with van der Waals surface area (Å²) in [5, 5.41) is 29.9. The van der Waals surface area contributed by atoms with Gasteiger partial charge in [0.25, 0.3) is 0 Å². The van der Waals surface area contributed by atoms with E-state index in [1.165, 1.54) is 24.0 Å². The number of aliphatic hydroxyl groups is 1. The zero-order valence-electron chi connectivity index (χ0n) is 26.0. The largest absolute Gasteiger partial charge is 0.480 e. The fraction of sp³-hybridized carbons (Fsp3) is 0.733. The Morgan fingerprint density at radius 2 is 1.70 bits per heavy atom. The Labute approximate surface area is 258 Å². The summed E-state index contributed by atoms with van der Waals surface area (Å²) in [6.45, 7) is 5.71. The highest BCUT2D eigenvalue weighted by Gasteiger charge is 2.31. The predicted molar refractivity (Wildman–Crippen MR) is 161 cm³/mol. The lowest BCUT2D eigenvalue weighted by Crippen LogP contribution is -2.56. The van der Waals surface area contributed by atoms with Crippen molar-refractivity contribution in [3.63, 3.8) is 0 Å². The molecule has 0 aromatic heterocycles. The first kappa shape index (κ1) is 36.7. The Balaban J connectivity index is 1.70. The maximum absolute atomic E-state index is 12.9. The molecule has 8 N–H and O–H groups in total. The van der Waals surface area contributed by atoms with E-state index in [1.54, 1.807) is 13.8 Å². The number of rotatable bonds is 19. The van der Waals surface area contributed by atoms with Crippen molar-refractivity contribution < 1.29 is 39.0 Å². The van der Waals surface area contributed by atoms with Crippen molar-refractivity contribution in [3.8, 4) is 0 Å². The zero-order valence-corrected chi connectivity index (χ0v) is 26.0. The Morgan fingerprint density at radius 1 is 0.977 bits per heavy atom. The molecule has 1 saturated carbocycles. The Morgan fingerprint density at radius 3 is 2.30 bits per heavy atom. The van der Waals surface area contributed by atoms with Gasteiger partial charge in [-0.2, -0.15) is 0 Å². The van der Waals surface area contributed by atoms with Crippen molar-refractivity contribution in [1.82, 2.24) is 26.2 Å². The van der Waals surface area contributed by atoms with Gasteiger partial charge < -0.3 is 42.1 Å². The second-order valence-corrected chi connectivity index (χ2v) is 12.0. The van der Waals surface area contributed by atoms with Gasteiger partial charge in [-0.3, -0.25) is 24.0 Å². The Kier molecular flexibility index (Phi) is 15.3. The van der Waals surface area contributed by atoms with Crippen molar-refractivity contribution in [3.05, 3.63) is 12.2 Å². The van der Waals surface area contributed by atoms with Crippen LogP contribution in [0.4, 0.5) is 0 Å². The minimum Gasteiger partial charge on any atom is -0.480 e. The smallest absolute Gasteiger partial charge is 0.326 e. The van der Waals surface area contributed by atoms with Crippen molar-refractivity contribution in [2.45, 2.75) is 115 Å². The Bertz CT molecular complexity index is 1050. The van der Waals surface area contributed by atoms with Gasteiger partial charge in [0.1, 0.15) is 24.4 Å². The summed E-state index contributed by atoms with van der Waals surface area (Å²) in [4.78, 5) is 75.1. The molecule has 0 saturated heterocycles. The summed E-state index contributed by atoms with van der Waals surface area (Å²) >= 11 is 0. The number of hydrogen-bond donors (Lipinski definition) is 7. The van der Waals surface area contributed by atoms with Gasteiger partial charge in [0.15, 0.2) is 0 Å². The van der Waals surface area contributed by atoms with E-state index < -0.39 is 42.1 Å². The molecule has 2 aliphatic rings. The van der Waals surface area contributed by atoms with E-state index in [2.05, 4.69) is 21.3 Å². The maximum Gasteiger partial charge on any atom is 0.326 e. The molecule has 14 heteroatoms. The summed E-state index contributed by atoms with van der Waals surface area (Å²) in [5.41, 5.74) is 5.96. The van der Waals surface area contributed by atoms with Crippen LogP contribution in [-0.2, 0) is 28.8 Å². The number of nitrogens with zero attached hydrogens (tertiary/aromatic N) is 1. The monoisotopic (exact) mass is 622 g/mol. The van der Waals surface area contributed by atoms with Gasteiger partial charge in [0.2, 0.25) is 29.5 Å². The molecule has 0 aromatic rings. The molecule has 0 bridgehead atoms. The first-order valence-corrected chi connectivity index (χ1v) is 15.6. The molecule has 1 aliphatic heterocycles. The molecule has 14 nitrogen and oxygen atoms in total. The van der Waals surface area contributed by atoms with Gasteiger partial charge >= 0.3 is 5.97 Å².